The zero-order chi connectivity index (χ0) is 25.4. The molecule has 1 aromatic rings. The lowest BCUT2D eigenvalue weighted by molar-refractivity contribution is -0.151. The van der Waals surface area contributed by atoms with E-state index in [0.29, 0.717) is 61.8 Å². The van der Waals surface area contributed by atoms with Crippen molar-refractivity contribution in [3.05, 3.63) is 35.6 Å². The van der Waals surface area contributed by atoms with Gasteiger partial charge in [0.15, 0.2) is 5.82 Å². The van der Waals surface area contributed by atoms with Gasteiger partial charge in [0.2, 0.25) is 0 Å². The Balaban J connectivity index is 2.07. The Hall–Kier alpha value is -2.94. The molecule has 2 aliphatic rings. The number of aromatic nitrogens is 2. The Labute approximate surface area is 208 Å². The summed E-state index contributed by atoms with van der Waals surface area (Å²) in [5, 5.41) is 13.4. The molecule has 3 rings (SSSR count). The van der Waals surface area contributed by atoms with Crippen molar-refractivity contribution in [1.82, 2.24) is 14.9 Å². The fourth-order valence-corrected chi connectivity index (χ4v) is 4.69. The number of carboxylic acid groups (broad SMARTS) is 1. The van der Waals surface area contributed by atoms with Crippen LogP contribution in [-0.2, 0) is 9.53 Å². The molecule has 0 aromatic carbocycles. The highest BCUT2D eigenvalue weighted by Gasteiger charge is 2.46. The summed E-state index contributed by atoms with van der Waals surface area (Å²) in [5.74, 6) is 0.309. The molecule has 0 spiro atoms. The number of rotatable bonds is 12. The highest BCUT2D eigenvalue weighted by atomic mass is 16.5. The molecule has 2 fully saturated rings. The van der Waals surface area contributed by atoms with E-state index in [1.165, 1.54) is 0 Å². The van der Waals surface area contributed by atoms with Crippen LogP contribution in [0.5, 0.6) is 6.01 Å². The second kappa shape index (κ2) is 12.2. The van der Waals surface area contributed by atoms with E-state index < -0.39 is 11.4 Å². The van der Waals surface area contributed by atoms with Crippen molar-refractivity contribution in [1.29, 1.82) is 0 Å². The van der Waals surface area contributed by atoms with Gasteiger partial charge in [-0.25, -0.2) is 15.0 Å². The van der Waals surface area contributed by atoms with Crippen LogP contribution in [-0.4, -0.2) is 65.1 Å². The molecule has 9 heteroatoms. The van der Waals surface area contributed by atoms with Crippen molar-refractivity contribution >= 4 is 18.4 Å². The van der Waals surface area contributed by atoms with E-state index in [1.807, 2.05) is 19.9 Å². The molecule has 0 unspecified atom stereocenters. The quantitative estimate of drug-likeness (QED) is 0.329. The summed E-state index contributed by atoms with van der Waals surface area (Å²) in [6.07, 6.45) is 9.19. The Morgan fingerprint density at radius 2 is 2.03 bits per heavy atom. The van der Waals surface area contributed by atoms with Crippen LogP contribution in [0.3, 0.4) is 0 Å². The van der Waals surface area contributed by atoms with E-state index in [4.69, 9.17) is 9.47 Å². The number of hydrogen-bond donors (Lipinski definition) is 2. The van der Waals surface area contributed by atoms with Gasteiger partial charge in [-0.2, -0.15) is 0 Å². The maximum absolute atomic E-state index is 12.2. The second-order valence-corrected chi connectivity index (χ2v) is 9.67. The molecule has 0 radical (unpaired) electrons. The van der Waals surface area contributed by atoms with Gasteiger partial charge in [-0.3, -0.25) is 4.79 Å². The van der Waals surface area contributed by atoms with Crippen molar-refractivity contribution in [3.8, 4) is 6.01 Å². The molecule has 9 nitrogen and oxygen atoms in total. The second-order valence-electron chi connectivity index (χ2n) is 9.67. The molecule has 2 N–H and O–H groups in total. The number of nitrogens with one attached hydrogen (secondary N) is 1. The third-order valence-corrected chi connectivity index (χ3v) is 6.77. The maximum Gasteiger partial charge on any atom is 0.316 e. The number of carboxylic acids is 1. The van der Waals surface area contributed by atoms with Gasteiger partial charge >= 0.3 is 12.0 Å². The van der Waals surface area contributed by atoms with Crippen LogP contribution in [0.25, 0.3) is 0 Å². The van der Waals surface area contributed by atoms with E-state index in [-0.39, 0.29) is 6.04 Å². The average Bonchev–Trinajstić information content (AvgIpc) is 2.79. The standard InChI is InChI=1S/C26H39N5O4/c1-6-35-25-28-15-20(16-29-25)30-22(14-19(4)26(24(32)33)10-7-11-26)23(27-5)31(17-18(2)3)21-8-12-34-13-9-21/h14-16,18,21,30H,5-13,17H2,1-4H3,(H,32,33)/b19-14+,23-22-. The topological polar surface area (TPSA) is 109 Å². The highest BCUT2D eigenvalue weighted by Crippen LogP contribution is 2.47. The number of hydrogen-bond acceptors (Lipinski definition) is 8. The average molecular weight is 486 g/mol. The smallest absolute Gasteiger partial charge is 0.316 e. The predicted octanol–water partition coefficient (Wildman–Crippen LogP) is 4.50. The molecule has 0 bridgehead atoms. The summed E-state index contributed by atoms with van der Waals surface area (Å²) in [6.45, 7) is 14.7. The minimum Gasteiger partial charge on any atom is -0.481 e. The molecule has 0 amide bonds. The van der Waals surface area contributed by atoms with Gasteiger partial charge in [-0.05, 0) is 58.2 Å². The van der Waals surface area contributed by atoms with Crippen molar-refractivity contribution in [2.45, 2.75) is 65.8 Å². The van der Waals surface area contributed by atoms with Gasteiger partial charge in [0.25, 0.3) is 0 Å². The first-order chi connectivity index (χ1) is 16.8. The monoisotopic (exact) mass is 485 g/mol. The molecular weight excluding hydrogens is 446 g/mol. The molecule has 0 atom stereocenters. The minimum atomic E-state index is -0.837. The largest absolute Gasteiger partial charge is 0.481 e. The lowest BCUT2D eigenvalue weighted by Gasteiger charge is -2.40. The SMILES string of the molecule is C=N/C(=C(\C=C(/C)C1(C(=O)O)CCC1)Nc1cnc(OCC)nc1)N(CC(C)C)C1CCOCC1. The van der Waals surface area contributed by atoms with Gasteiger partial charge in [0, 0.05) is 25.8 Å². The normalized spacial score (nSPS) is 18.9. The number of aliphatic carboxylic acids is 1. The van der Waals surface area contributed by atoms with Crippen LogP contribution in [0.2, 0.25) is 0 Å². The summed E-state index contributed by atoms with van der Waals surface area (Å²) in [7, 11) is 0. The van der Waals surface area contributed by atoms with Crippen molar-refractivity contribution in [3.63, 3.8) is 0 Å². The van der Waals surface area contributed by atoms with Crippen LogP contribution in [0.1, 0.15) is 59.8 Å². The van der Waals surface area contributed by atoms with Gasteiger partial charge in [-0.1, -0.05) is 25.8 Å². The predicted molar refractivity (Wildman–Crippen MR) is 136 cm³/mol. The third-order valence-electron chi connectivity index (χ3n) is 6.77. The molecule has 2 heterocycles. The van der Waals surface area contributed by atoms with E-state index >= 15 is 0 Å². The lowest BCUT2D eigenvalue weighted by atomic mass is 9.64. The van der Waals surface area contributed by atoms with Crippen molar-refractivity contribution in [2.75, 3.05) is 31.7 Å². The number of aliphatic imine (C=N–C) groups is 1. The molecule has 1 aromatic heterocycles. The molecule has 192 valence electrons. The van der Waals surface area contributed by atoms with Crippen molar-refractivity contribution < 1.29 is 19.4 Å². The zero-order valence-electron chi connectivity index (χ0n) is 21.4. The third kappa shape index (κ3) is 6.39. The van der Waals surface area contributed by atoms with E-state index in [9.17, 15) is 9.90 Å². The van der Waals surface area contributed by atoms with Crippen LogP contribution in [0.4, 0.5) is 5.69 Å². The molecule has 35 heavy (non-hydrogen) atoms. The molecule has 1 aliphatic heterocycles. The first-order valence-electron chi connectivity index (χ1n) is 12.5. The fraction of sp³-hybridized carbons (Fsp3) is 0.615. The Morgan fingerprint density at radius 1 is 1.37 bits per heavy atom. The summed E-state index contributed by atoms with van der Waals surface area (Å²) in [4.78, 5) is 27.5. The Morgan fingerprint density at radius 3 is 2.51 bits per heavy atom. The van der Waals surface area contributed by atoms with Crippen LogP contribution in [0.15, 0.2) is 40.6 Å². The number of ether oxygens (including phenoxy) is 2. The number of allylic oxidation sites excluding steroid dienone is 1. The first kappa shape index (κ1) is 26.7. The number of nitrogens with zero attached hydrogens (tertiary/aromatic N) is 4. The van der Waals surface area contributed by atoms with E-state index in [2.05, 4.69) is 45.7 Å². The van der Waals surface area contributed by atoms with Crippen molar-refractivity contribution in [2.24, 2.45) is 16.3 Å². The lowest BCUT2D eigenvalue weighted by Crippen LogP contribution is -2.41. The molecule has 1 saturated heterocycles. The zero-order valence-corrected chi connectivity index (χ0v) is 21.4. The summed E-state index contributed by atoms with van der Waals surface area (Å²) in [5.41, 5.74) is 1.30. The number of carbonyl (C=O) groups is 1. The van der Waals surface area contributed by atoms with Gasteiger partial charge in [0.1, 0.15) is 0 Å². The first-order valence-corrected chi connectivity index (χ1v) is 12.5. The Bertz CT molecular complexity index is 932. The van der Waals surface area contributed by atoms with Gasteiger partial charge < -0.3 is 24.8 Å². The van der Waals surface area contributed by atoms with Crippen LogP contribution in [0, 0.1) is 11.3 Å². The summed E-state index contributed by atoms with van der Waals surface area (Å²) in [6, 6.07) is 0.561. The van der Waals surface area contributed by atoms with Crippen LogP contribution < -0.4 is 10.1 Å². The minimum absolute atomic E-state index is 0.255. The summed E-state index contributed by atoms with van der Waals surface area (Å²) < 4.78 is 11.0. The fourth-order valence-electron chi connectivity index (χ4n) is 4.69. The Kier molecular flexibility index (Phi) is 9.26. The van der Waals surface area contributed by atoms with E-state index in [0.717, 1.165) is 31.4 Å². The van der Waals surface area contributed by atoms with Gasteiger partial charge in [-0.15, -0.1) is 0 Å². The maximum atomic E-state index is 12.2. The molecular formula is C26H39N5O4. The molecule has 1 aliphatic carbocycles. The van der Waals surface area contributed by atoms with E-state index in [1.54, 1.807) is 12.4 Å². The van der Waals surface area contributed by atoms with Crippen LogP contribution >= 0.6 is 0 Å². The number of anilines is 1. The van der Waals surface area contributed by atoms with Gasteiger partial charge in [0.05, 0.1) is 35.8 Å². The highest BCUT2D eigenvalue weighted by molar-refractivity contribution is 5.80. The summed E-state index contributed by atoms with van der Waals surface area (Å²) >= 11 is 0. The molecule has 1 saturated carbocycles.